The summed E-state index contributed by atoms with van der Waals surface area (Å²) in [5, 5.41) is 0.959. The maximum atomic E-state index is 11.6. The SMILES string of the molecule is COC(=O)c1cc(I)c(OCc2ccc(Cl)c(Cl)c2)c(OC)c1. The van der Waals surface area contributed by atoms with Crippen LogP contribution in [0.1, 0.15) is 15.9 Å². The molecule has 2 aromatic carbocycles. The van der Waals surface area contributed by atoms with Crippen molar-refractivity contribution in [3.05, 3.63) is 55.1 Å². The molecule has 0 saturated carbocycles. The second kappa shape index (κ2) is 8.08. The molecule has 0 saturated heterocycles. The fourth-order valence-electron chi connectivity index (χ4n) is 1.88. The largest absolute Gasteiger partial charge is 0.493 e. The third-order valence-electron chi connectivity index (χ3n) is 3.02. The van der Waals surface area contributed by atoms with E-state index >= 15 is 0 Å². The van der Waals surface area contributed by atoms with Crippen LogP contribution in [-0.4, -0.2) is 20.2 Å². The summed E-state index contributed by atoms with van der Waals surface area (Å²) in [6.45, 7) is 0.292. The average Bonchev–Trinajstić information content (AvgIpc) is 2.55. The van der Waals surface area contributed by atoms with Gasteiger partial charge in [-0.3, -0.25) is 0 Å². The fraction of sp³-hybridized carbons (Fsp3) is 0.188. The number of hydrogen-bond donors (Lipinski definition) is 0. The summed E-state index contributed by atoms with van der Waals surface area (Å²) < 4.78 is 16.6. The first-order valence-corrected chi connectivity index (χ1v) is 8.32. The molecule has 23 heavy (non-hydrogen) atoms. The molecule has 0 aliphatic carbocycles. The molecule has 2 rings (SSSR count). The third kappa shape index (κ3) is 4.43. The lowest BCUT2D eigenvalue weighted by molar-refractivity contribution is 0.0600. The predicted octanol–water partition coefficient (Wildman–Crippen LogP) is 4.97. The molecule has 0 radical (unpaired) electrons. The Morgan fingerprint density at radius 2 is 1.87 bits per heavy atom. The summed E-state index contributed by atoms with van der Waals surface area (Å²) in [5.41, 5.74) is 1.27. The first kappa shape index (κ1) is 18.2. The number of methoxy groups -OCH3 is 2. The Hall–Kier alpha value is -1.18. The van der Waals surface area contributed by atoms with Gasteiger partial charge < -0.3 is 14.2 Å². The molecule has 0 aliphatic rings. The van der Waals surface area contributed by atoms with Gasteiger partial charge in [0, 0.05) is 0 Å². The lowest BCUT2D eigenvalue weighted by Crippen LogP contribution is -2.05. The summed E-state index contributed by atoms with van der Waals surface area (Å²) in [4.78, 5) is 11.6. The minimum Gasteiger partial charge on any atom is -0.493 e. The molecule has 0 unspecified atom stereocenters. The van der Waals surface area contributed by atoms with Gasteiger partial charge in [-0.2, -0.15) is 0 Å². The van der Waals surface area contributed by atoms with E-state index < -0.39 is 5.97 Å². The molecular weight excluding hydrogens is 454 g/mol. The van der Waals surface area contributed by atoms with E-state index in [1.807, 2.05) is 6.07 Å². The maximum absolute atomic E-state index is 11.6. The Labute approximate surface area is 157 Å². The number of carbonyl (C=O) groups excluding carboxylic acids is 1. The lowest BCUT2D eigenvalue weighted by atomic mass is 10.2. The number of benzene rings is 2. The topological polar surface area (TPSA) is 44.8 Å². The van der Waals surface area contributed by atoms with Gasteiger partial charge in [-0.05, 0) is 52.4 Å². The third-order valence-corrected chi connectivity index (χ3v) is 4.56. The Bertz CT molecular complexity index is 734. The monoisotopic (exact) mass is 466 g/mol. The van der Waals surface area contributed by atoms with E-state index in [9.17, 15) is 4.79 Å². The summed E-state index contributed by atoms with van der Waals surface area (Å²) in [5.74, 6) is 0.571. The van der Waals surface area contributed by atoms with Crippen molar-refractivity contribution in [2.75, 3.05) is 14.2 Å². The smallest absolute Gasteiger partial charge is 0.338 e. The highest BCUT2D eigenvalue weighted by Crippen LogP contribution is 2.35. The number of rotatable bonds is 5. The molecule has 0 spiro atoms. The molecule has 122 valence electrons. The first-order chi connectivity index (χ1) is 11.0. The number of hydrogen-bond acceptors (Lipinski definition) is 4. The Morgan fingerprint density at radius 1 is 1.13 bits per heavy atom. The maximum Gasteiger partial charge on any atom is 0.338 e. The van der Waals surface area contributed by atoms with Crippen molar-refractivity contribution in [3.8, 4) is 11.5 Å². The van der Waals surface area contributed by atoms with Crippen LogP contribution >= 0.6 is 45.8 Å². The highest BCUT2D eigenvalue weighted by molar-refractivity contribution is 14.1. The minimum atomic E-state index is -0.433. The minimum absolute atomic E-state index is 0.292. The van der Waals surface area contributed by atoms with Crippen LogP contribution in [0.2, 0.25) is 10.0 Å². The molecule has 2 aromatic rings. The van der Waals surface area contributed by atoms with Crippen molar-refractivity contribution in [3.63, 3.8) is 0 Å². The first-order valence-electron chi connectivity index (χ1n) is 6.48. The van der Waals surface area contributed by atoms with E-state index in [4.69, 9.17) is 37.4 Å². The molecular formula is C16H13Cl2IO4. The molecule has 0 fully saturated rings. The van der Waals surface area contributed by atoms with Gasteiger partial charge in [0.15, 0.2) is 11.5 Å². The Morgan fingerprint density at radius 3 is 2.48 bits per heavy atom. The van der Waals surface area contributed by atoms with Crippen LogP contribution in [0.25, 0.3) is 0 Å². The zero-order valence-corrected chi connectivity index (χ0v) is 16.0. The summed E-state index contributed by atoms with van der Waals surface area (Å²) in [6, 6.07) is 8.55. The van der Waals surface area contributed by atoms with Crippen molar-refractivity contribution < 1.29 is 19.0 Å². The van der Waals surface area contributed by atoms with Gasteiger partial charge in [0.25, 0.3) is 0 Å². The van der Waals surface area contributed by atoms with Crippen LogP contribution in [0.5, 0.6) is 11.5 Å². The molecule has 0 aromatic heterocycles. The van der Waals surface area contributed by atoms with Crippen LogP contribution in [0.4, 0.5) is 0 Å². The Kier molecular flexibility index (Phi) is 6.38. The van der Waals surface area contributed by atoms with Gasteiger partial charge >= 0.3 is 5.97 Å². The average molecular weight is 467 g/mol. The molecule has 0 bridgehead atoms. The van der Waals surface area contributed by atoms with Gasteiger partial charge in [0.2, 0.25) is 0 Å². The number of esters is 1. The number of ether oxygens (including phenoxy) is 3. The van der Waals surface area contributed by atoms with Crippen molar-refractivity contribution in [1.82, 2.24) is 0 Å². The molecule has 4 nitrogen and oxygen atoms in total. The van der Waals surface area contributed by atoms with Crippen LogP contribution in [0.15, 0.2) is 30.3 Å². The molecule has 0 atom stereocenters. The van der Waals surface area contributed by atoms with E-state index in [1.165, 1.54) is 14.2 Å². The highest BCUT2D eigenvalue weighted by atomic mass is 127. The van der Waals surface area contributed by atoms with E-state index in [0.29, 0.717) is 33.7 Å². The number of halogens is 3. The van der Waals surface area contributed by atoms with Gasteiger partial charge in [0.1, 0.15) is 6.61 Å². The van der Waals surface area contributed by atoms with Crippen molar-refractivity contribution in [1.29, 1.82) is 0 Å². The van der Waals surface area contributed by atoms with Gasteiger partial charge in [-0.25, -0.2) is 4.79 Å². The van der Waals surface area contributed by atoms with Crippen LogP contribution in [-0.2, 0) is 11.3 Å². The van der Waals surface area contributed by atoms with Crippen LogP contribution in [0.3, 0.4) is 0 Å². The molecule has 0 amide bonds. The lowest BCUT2D eigenvalue weighted by Gasteiger charge is -2.14. The Balaban J connectivity index is 2.25. The second-order valence-electron chi connectivity index (χ2n) is 4.52. The quantitative estimate of drug-likeness (QED) is 0.461. The normalized spacial score (nSPS) is 10.3. The molecule has 7 heteroatoms. The van der Waals surface area contributed by atoms with Gasteiger partial charge in [-0.1, -0.05) is 29.3 Å². The van der Waals surface area contributed by atoms with E-state index in [2.05, 4.69) is 22.6 Å². The van der Waals surface area contributed by atoms with Gasteiger partial charge in [-0.15, -0.1) is 0 Å². The van der Waals surface area contributed by atoms with E-state index in [1.54, 1.807) is 24.3 Å². The summed E-state index contributed by atoms with van der Waals surface area (Å²) in [7, 11) is 2.84. The molecule has 0 aliphatic heterocycles. The van der Waals surface area contributed by atoms with E-state index in [-0.39, 0.29) is 0 Å². The molecule has 0 N–H and O–H groups in total. The summed E-state index contributed by atoms with van der Waals surface area (Å²) >= 11 is 14.0. The van der Waals surface area contributed by atoms with Gasteiger partial charge in [0.05, 0.1) is 33.4 Å². The van der Waals surface area contributed by atoms with Crippen LogP contribution in [0, 0.1) is 3.57 Å². The zero-order chi connectivity index (χ0) is 17.0. The molecule has 0 heterocycles. The van der Waals surface area contributed by atoms with Crippen molar-refractivity contribution in [2.45, 2.75) is 6.61 Å². The summed E-state index contributed by atoms with van der Waals surface area (Å²) in [6.07, 6.45) is 0. The standard InChI is InChI=1S/C16H13Cl2IO4/c1-21-14-7-10(16(20)22-2)6-13(19)15(14)23-8-9-3-4-11(17)12(18)5-9/h3-7H,8H2,1-2H3. The van der Waals surface area contributed by atoms with Crippen molar-refractivity contribution in [2.24, 2.45) is 0 Å². The zero-order valence-electron chi connectivity index (χ0n) is 12.4. The highest BCUT2D eigenvalue weighted by Gasteiger charge is 2.16. The van der Waals surface area contributed by atoms with Crippen molar-refractivity contribution >= 4 is 51.8 Å². The van der Waals surface area contributed by atoms with Crippen LogP contribution < -0.4 is 9.47 Å². The number of carbonyl (C=O) groups is 1. The second-order valence-corrected chi connectivity index (χ2v) is 6.49. The van der Waals surface area contributed by atoms with E-state index in [0.717, 1.165) is 9.13 Å². The predicted molar refractivity (Wildman–Crippen MR) is 97.8 cm³/mol. The fourth-order valence-corrected chi connectivity index (χ4v) is 2.96.